The van der Waals surface area contributed by atoms with Crippen LogP contribution in [-0.4, -0.2) is 70.5 Å². The molecule has 1 N–H and O–H groups in total. The molecule has 0 aromatic heterocycles. The SMILES string of the molecule is C[C@]12C=CC(=O)C=C1CC[C@@H]1[C@@H]2C(=O)C[C@@]2(C)[C@H]1CC[C@]2(O)C(=O)COC(=O)N(CCCl)CCCl. The van der Waals surface area contributed by atoms with Crippen molar-refractivity contribution in [2.24, 2.45) is 28.6 Å². The van der Waals surface area contributed by atoms with Crippen LogP contribution in [0.25, 0.3) is 0 Å². The second-order valence-electron chi connectivity index (χ2n) is 10.8. The number of hydrogen-bond acceptors (Lipinski definition) is 6. The van der Waals surface area contributed by atoms with Crippen LogP contribution in [0.3, 0.4) is 0 Å². The molecule has 192 valence electrons. The fourth-order valence-corrected chi connectivity index (χ4v) is 7.74. The van der Waals surface area contributed by atoms with E-state index in [9.17, 15) is 24.3 Å². The number of hydrogen-bond donors (Lipinski definition) is 1. The van der Waals surface area contributed by atoms with Gasteiger partial charge in [-0.3, -0.25) is 14.4 Å². The maximum atomic E-state index is 13.6. The van der Waals surface area contributed by atoms with E-state index in [1.54, 1.807) is 12.2 Å². The van der Waals surface area contributed by atoms with Crippen LogP contribution in [0.15, 0.2) is 23.8 Å². The van der Waals surface area contributed by atoms with Gasteiger partial charge in [-0.25, -0.2) is 4.79 Å². The number of amides is 1. The van der Waals surface area contributed by atoms with Crippen LogP contribution in [0.2, 0.25) is 0 Å². The largest absolute Gasteiger partial charge is 0.441 e. The molecule has 4 rings (SSSR count). The first-order chi connectivity index (χ1) is 16.5. The summed E-state index contributed by atoms with van der Waals surface area (Å²) in [5.74, 6) is -0.501. The molecule has 4 aliphatic carbocycles. The molecule has 9 heteroatoms. The molecule has 0 unspecified atom stereocenters. The Morgan fingerprint density at radius 1 is 1.17 bits per heavy atom. The third-order valence-electron chi connectivity index (χ3n) is 9.16. The Morgan fingerprint density at radius 2 is 1.86 bits per heavy atom. The zero-order chi connectivity index (χ0) is 25.6. The highest BCUT2D eigenvalue weighted by molar-refractivity contribution is 6.18. The normalized spacial score (nSPS) is 37.7. The lowest BCUT2D eigenvalue weighted by atomic mass is 9.46. The highest BCUT2D eigenvalue weighted by atomic mass is 35.5. The van der Waals surface area contributed by atoms with Crippen molar-refractivity contribution in [3.05, 3.63) is 23.8 Å². The summed E-state index contributed by atoms with van der Waals surface area (Å²) >= 11 is 11.5. The number of ketones is 3. The molecule has 0 spiro atoms. The lowest BCUT2D eigenvalue weighted by Crippen LogP contribution is -2.60. The molecule has 3 saturated carbocycles. The number of Topliss-reactive ketones (excluding diaryl/α,β-unsaturated/α-hetero) is 2. The molecule has 0 saturated heterocycles. The van der Waals surface area contributed by atoms with Gasteiger partial charge in [-0.2, -0.15) is 0 Å². The number of nitrogens with zero attached hydrogens (tertiary/aromatic N) is 1. The number of fused-ring (bicyclic) bond motifs is 5. The molecule has 0 aromatic carbocycles. The zero-order valence-corrected chi connectivity index (χ0v) is 21.7. The van der Waals surface area contributed by atoms with Crippen molar-refractivity contribution in [1.82, 2.24) is 4.90 Å². The summed E-state index contributed by atoms with van der Waals surface area (Å²) in [6.07, 6.45) is 6.75. The van der Waals surface area contributed by atoms with E-state index in [1.807, 2.05) is 19.9 Å². The molecular formula is C26H33Cl2NO6. The van der Waals surface area contributed by atoms with Crippen molar-refractivity contribution in [3.63, 3.8) is 0 Å². The van der Waals surface area contributed by atoms with E-state index in [2.05, 4.69) is 0 Å². The quantitative estimate of drug-likeness (QED) is 0.508. The first-order valence-corrected chi connectivity index (χ1v) is 13.3. The Bertz CT molecular complexity index is 988. The van der Waals surface area contributed by atoms with Gasteiger partial charge in [-0.1, -0.05) is 25.5 Å². The van der Waals surface area contributed by atoms with E-state index in [4.69, 9.17) is 27.9 Å². The number of carbonyl (C=O) groups is 4. The molecule has 7 nitrogen and oxygen atoms in total. The van der Waals surface area contributed by atoms with Crippen molar-refractivity contribution < 1.29 is 29.0 Å². The Morgan fingerprint density at radius 3 is 2.51 bits per heavy atom. The average molecular weight is 526 g/mol. The van der Waals surface area contributed by atoms with Crippen molar-refractivity contribution in [3.8, 4) is 0 Å². The van der Waals surface area contributed by atoms with Crippen LogP contribution in [0, 0.1) is 28.6 Å². The highest BCUT2D eigenvalue weighted by Crippen LogP contribution is 2.66. The summed E-state index contributed by atoms with van der Waals surface area (Å²) in [4.78, 5) is 52.6. The Balaban J connectivity index is 1.53. The predicted molar refractivity (Wildman–Crippen MR) is 131 cm³/mol. The number of carbonyl (C=O) groups excluding carboxylic acids is 4. The van der Waals surface area contributed by atoms with E-state index >= 15 is 0 Å². The van der Waals surface area contributed by atoms with Crippen molar-refractivity contribution >= 4 is 46.6 Å². The van der Waals surface area contributed by atoms with Gasteiger partial charge < -0.3 is 14.7 Å². The minimum absolute atomic E-state index is 0.00793. The van der Waals surface area contributed by atoms with Gasteiger partial charge in [0.15, 0.2) is 12.4 Å². The predicted octanol–water partition coefficient (Wildman–Crippen LogP) is 3.69. The van der Waals surface area contributed by atoms with Gasteiger partial charge in [0.25, 0.3) is 0 Å². The smallest absolute Gasteiger partial charge is 0.410 e. The van der Waals surface area contributed by atoms with E-state index in [-0.39, 0.29) is 67.0 Å². The molecule has 4 aliphatic rings. The van der Waals surface area contributed by atoms with Crippen LogP contribution in [-0.2, 0) is 19.1 Å². The lowest BCUT2D eigenvalue weighted by molar-refractivity contribution is -0.169. The van der Waals surface area contributed by atoms with E-state index in [0.29, 0.717) is 12.8 Å². The second-order valence-corrected chi connectivity index (χ2v) is 11.5. The maximum Gasteiger partial charge on any atom is 0.410 e. The second kappa shape index (κ2) is 9.64. The van der Waals surface area contributed by atoms with Gasteiger partial charge in [-0.15, -0.1) is 23.2 Å². The number of ether oxygens (including phenoxy) is 1. The van der Waals surface area contributed by atoms with Gasteiger partial charge in [-0.05, 0) is 49.7 Å². The first-order valence-electron chi connectivity index (χ1n) is 12.3. The monoisotopic (exact) mass is 525 g/mol. The minimum Gasteiger partial charge on any atom is -0.441 e. The Hall–Kier alpha value is -1.70. The van der Waals surface area contributed by atoms with Crippen molar-refractivity contribution in [2.75, 3.05) is 31.5 Å². The number of rotatable bonds is 7. The number of halogens is 2. The van der Waals surface area contributed by atoms with Crippen LogP contribution in [0.5, 0.6) is 0 Å². The first kappa shape index (κ1) is 26.4. The summed E-state index contributed by atoms with van der Waals surface area (Å²) in [6, 6.07) is 0. The summed E-state index contributed by atoms with van der Waals surface area (Å²) in [7, 11) is 0. The van der Waals surface area contributed by atoms with Gasteiger partial charge in [0.2, 0.25) is 5.78 Å². The number of aliphatic hydroxyl groups is 1. The standard InChI is InChI=1S/C26H33Cl2NO6/c1-24-7-5-17(30)13-16(24)3-4-18-19-6-8-26(34,25(19,2)14-20(31)22(18)24)21(32)15-35-23(33)29(11-9-27)12-10-28/h5,7,13,18-19,22,34H,3-4,6,8-12,14-15H2,1-2H3/t18-,19-,22+,24-,25-,26-/m0/s1. The van der Waals surface area contributed by atoms with Crippen LogP contribution >= 0.6 is 23.2 Å². The topological polar surface area (TPSA) is 101 Å². The summed E-state index contributed by atoms with van der Waals surface area (Å²) in [6.45, 7) is 3.75. The molecule has 3 fully saturated rings. The summed E-state index contributed by atoms with van der Waals surface area (Å²) in [5.41, 5.74) is -2.20. The van der Waals surface area contributed by atoms with E-state index < -0.39 is 34.9 Å². The Labute approximate surface area is 215 Å². The van der Waals surface area contributed by atoms with Gasteiger partial charge >= 0.3 is 6.09 Å². The van der Waals surface area contributed by atoms with E-state index in [0.717, 1.165) is 12.0 Å². The van der Waals surface area contributed by atoms with Crippen LogP contribution in [0.4, 0.5) is 4.79 Å². The number of allylic oxidation sites excluding steroid dienone is 4. The molecule has 0 radical (unpaired) electrons. The van der Waals surface area contributed by atoms with Crippen molar-refractivity contribution in [1.29, 1.82) is 0 Å². The van der Waals surface area contributed by atoms with Crippen LogP contribution in [0.1, 0.15) is 46.0 Å². The molecule has 0 aromatic rings. The number of alkyl halides is 2. The maximum absolute atomic E-state index is 13.6. The summed E-state index contributed by atoms with van der Waals surface area (Å²) in [5, 5.41) is 11.7. The van der Waals surface area contributed by atoms with Gasteiger partial charge in [0.05, 0.1) is 0 Å². The molecule has 0 aliphatic heterocycles. The minimum atomic E-state index is -1.75. The lowest BCUT2D eigenvalue weighted by Gasteiger charge is -2.56. The molecule has 35 heavy (non-hydrogen) atoms. The Kier molecular flexibility index (Phi) is 7.26. The molecule has 0 bridgehead atoms. The fourth-order valence-electron chi connectivity index (χ4n) is 7.33. The molecule has 0 heterocycles. The van der Waals surface area contributed by atoms with Crippen LogP contribution < -0.4 is 0 Å². The third kappa shape index (κ3) is 4.17. The highest BCUT2D eigenvalue weighted by Gasteiger charge is 2.68. The average Bonchev–Trinajstić information content (AvgIpc) is 3.08. The van der Waals surface area contributed by atoms with Gasteiger partial charge in [0.1, 0.15) is 11.4 Å². The molecule has 1 amide bonds. The molecule has 6 atom stereocenters. The fraction of sp³-hybridized carbons (Fsp3) is 0.692. The van der Waals surface area contributed by atoms with Gasteiger partial charge in [0, 0.05) is 48.0 Å². The van der Waals surface area contributed by atoms with E-state index in [1.165, 1.54) is 4.90 Å². The van der Waals surface area contributed by atoms with Crippen molar-refractivity contribution in [2.45, 2.75) is 51.6 Å². The third-order valence-corrected chi connectivity index (χ3v) is 9.50. The zero-order valence-electron chi connectivity index (χ0n) is 20.2. The molecular weight excluding hydrogens is 493 g/mol. The summed E-state index contributed by atoms with van der Waals surface area (Å²) < 4.78 is 5.23.